The summed E-state index contributed by atoms with van der Waals surface area (Å²) in [6.07, 6.45) is 1.00. The van der Waals surface area contributed by atoms with E-state index in [1.54, 1.807) is 12.1 Å². The molecule has 0 bridgehead atoms. The van der Waals surface area contributed by atoms with Gasteiger partial charge in [-0.15, -0.1) is 0 Å². The van der Waals surface area contributed by atoms with E-state index in [2.05, 4.69) is 34.5 Å². The van der Waals surface area contributed by atoms with Crippen molar-refractivity contribution in [1.29, 1.82) is 0 Å². The molecule has 0 atom stereocenters. The van der Waals surface area contributed by atoms with Crippen LogP contribution in [0.3, 0.4) is 0 Å². The van der Waals surface area contributed by atoms with Crippen molar-refractivity contribution in [2.24, 2.45) is 0 Å². The maximum Gasteiger partial charge on any atom is 0.282 e. The molecule has 2 heterocycles. The molecule has 1 fully saturated rings. The minimum Gasteiger partial charge on any atom is -0.333 e. The number of hydrogen-bond donors (Lipinski definition) is 3. The largest absolute Gasteiger partial charge is 0.333 e. The molecular weight excluding hydrogens is 397 g/mol. The highest BCUT2D eigenvalue weighted by atomic mass is 19.1. The second kappa shape index (κ2) is 9.80. The number of piperazine rings is 1. The van der Waals surface area contributed by atoms with Gasteiger partial charge in [-0.2, -0.15) is 4.98 Å². The molecular formula is C23H28FN5O2+2. The first kappa shape index (κ1) is 21.1. The van der Waals surface area contributed by atoms with Gasteiger partial charge in [-0.05, 0) is 36.2 Å². The van der Waals surface area contributed by atoms with Crippen LogP contribution in [0.2, 0.25) is 0 Å². The van der Waals surface area contributed by atoms with E-state index in [9.17, 15) is 9.18 Å². The third-order valence-corrected chi connectivity index (χ3v) is 5.69. The molecule has 2 aromatic carbocycles. The van der Waals surface area contributed by atoms with E-state index in [4.69, 9.17) is 4.52 Å². The van der Waals surface area contributed by atoms with Gasteiger partial charge in [0.2, 0.25) is 5.82 Å². The molecule has 3 N–H and O–H groups in total. The molecule has 162 valence electrons. The van der Waals surface area contributed by atoms with Crippen LogP contribution in [0.5, 0.6) is 0 Å². The summed E-state index contributed by atoms with van der Waals surface area (Å²) >= 11 is 0. The van der Waals surface area contributed by atoms with Crippen molar-refractivity contribution in [3.63, 3.8) is 0 Å². The van der Waals surface area contributed by atoms with Crippen LogP contribution in [-0.4, -0.2) is 48.8 Å². The lowest BCUT2D eigenvalue weighted by Gasteiger charge is -2.28. The minimum atomic E-state index is -0.314. The van der Waals surface area contributed by atoms with Crippen molar-refractivity contribution in [2.75, 3.05) is 38.0 Å². The third kappa shape index (κ3) is 5.74. The minimum absolute atomic E-state index is 0.0549. The smallest absolute Gasteiger partial charge is 0.282 e. The van der Waals surface area contributed by atoms with E-state index < -0.39 is 0 Å². The topological polar surface area (TPSA) is 76.9 Å². The fraction of sp³-hybridized carbons (Fsp3) is 0.348. The van der Waals surface area contributed by atoms with E-state index in [0.29, 0.717) is 30.5 Å². The predicted octanol–water partition coefficient (Wildman–Crippen LogP) is 0.360. The molecule has 31 heavy (non-hydrogen) atoms. The van der Waals surface area contributed by atoms with Crippen LogP contribution in [0.4, 0.5) is 10.1 Å². The van der Waals surface area contributed by atoms with Crippen molar-refractivity contribution < 1.29 is 23.5 Å². The SMILES string of the molecule is CCc1ccc(-c2noc(C[NH+]3CC[NH+](CC(=O)Nc4ccc(F)cc4)CC3)n2)cc1. The van der Waals surface area contributed by atoms with Crippen LogP contribution in [0, 0.1) is 5.82 Å². The monoisotopic (exact) mass is 425 g/mol. The molecule has 4 rings (SSSR count). The lowest BCUT2D eigenvalue weighted by molar-refractivity contribution is -1.02. The van der Waals surface area contributed by atoms with Crippen molar-refractivity contribution in [2.45, 2.75) is 19.9 Å². The molecule has 0 spiro atoms. The average molecular weight is 426 g/mol. The summed E-state index contributed by atoms with van der Waals surface area (Å²) < 4.78 is 18.4. The Balaban J connectivity index is 1.23. The molecule has 8 heteroatoms. The Kier molecular flexibility index (Phi) is 6.69. The van der Waals surface area contributed by atoms with Crippen molar-refractivity contribution >= 4 is 11.6 Å². The lowest BCUT2D eigenvalue weighted by Crippen LogP contribution is -3.28. The molecule has 1 aliphatic rings. The molecule has 3 aromatic rings. The zero-order valence-electron chi connectivity index (χ0n) is 17.7. The first-order chi connectivity index (χ1) is 15.1. The van der Waals surface area contributed by atoms with E-state index in [1.807, 2.05) is 12.1 Å². The Hall–Kier alpha value is -3.10. The van der Waals surface area contributed by atoms with Crippen LogP contribution in [0.25, 0.3) is 11.4 Å². The van der Waals surface area contributed by atoms with E-state index in [0.717, 1.165) is 38.2 Å². The van der Waals surface area contributed by atoms with Crippen LogP contribution in [-0.2, 0) is 17.8 Å². The zero-order chi connectivity index (χ0) is 21.6. The Bertz CT molecular complexity index is 996. The summed E-state index contributed by atoms with van der Waals surface area (Å²) in [5.41, 5.74) is 2.86. The number of rotatable bonds is 7. The number of hydrogen-bond acceptors (Lipinski definition) is 4. The first-order valence-electron chi connectivity index (χ1n) is 10.7. The van der Waals surface area contributed by atoms with Crippen molar-refractivity contribution in [3.8, 4) is 11.4 Å². The van der Waals surface area contributed by atoms with Gasteiger partial charge in [-0.25, -0.2) is 4.39 Å². The number of carbonyl (C=O) groups excluding carboxylic acids is 1. The fourth-order valence-electron chi connectivity index (χ4n) is 3.82. The summed E-state index contributed by atoms with van der Waals surface area (Å²) in [7, 11) is 0. The molecule has 0 aliphatic carbocycles. The maximum absolute atomic E-state index is 13.0. The molecule has 7 nitrogen and oxygen atoms in total. The highest BCUT2D eigenvalue weighted by Crippen LogP contribution is 2.16. The maximum atomic E-state index is 13.0. The van der Waals surface area contributed by atoms with Gasteiger partial charge in [0.15, 0.2) is 13.1 Å². The van der Waals surface area contributed by atoms with E-state index in [1.165, 1.54) is 27.5 Å². The number of halogens is 1. The third-order valence-electron chi connectivity index (χ3n) is 5.69. The van der Waals surface area contributed by atoms with Crippen molar-refractivity contribution in [1.82, 2.24) is 10.1 Å². The lowest BCUT2D eigenvalue weighted by atomic mass is 10.1. The normalized spacial score (nSPS) is 18.6. The summed E-state index contributed by atoms with van der Waals surface area (Å²) in [4.78, 5) is 19.4. The molecule has 0 saturated carbocycles. The number of aryl methyl sites for hydroxylation is 1. The highest BCUT2D eigenvalue weighted by Gasteiger charge is 2.26. The molecule has 1 saturated heterocycles. The summed E-state index contributed by atoms with van der Waals surface area (Å²) in [6.45, 7) is 6.88. The van der Waals surface area contributed by atoms with Gasteiger partial charge in [-0.3, -0.25) is 4.79 Å². The second-order valence-corrected chi connectivity index (χ2v) is 7.97. The molecule has 1 aromatic heterocycles. The van der Waals surface area contributed by atoms with Crippen LogP contribution >= 0.6 is 0 Å². The molecule has 1 aliphatic heterocycles. The number of nitrogens with zero attached hydrogens (tertiary/aromatic N) is 2. The number of amides is 1. The average Bonchev–Trinajstić information content (AvgIpc) is 3.25. The highest BCUT2D eigenvalue weighted by molar-refractivity contribution is 5.91. The van der Waals surface area contributed by atoms with Gasteiger partial charge in [0, 0.05) is 11.3 Å². The Labute approximate surface area is 180 Å². The van der Waals surface area contributed by atoms with Crippen LogP contribution in [0.15, 0.2) is 53.1 Å². The second-order valence-electron chi connectivity index (χ2n) is 7.97. The first-order valence-corrected chi connectivity index (χ1v) is 10.7. The molecule has 0 radical (unpaired) electrons. The Morgan fingerprint density at radius 3 is 2.39 bits per heavy atom. The number of anilines is 1. The number of aromatic nitrogens is 2. The zero-order valence-corrected chi connectivity index (χ0v) is 17.7. The quantitative estimate of drug-likeness (QED) is 0.511. The van der Waals surface area contributed by atoms with E-state index >= 15 is 0 Å². The predicted molar refractivity (Wildman–Crippen MR) is 114 cm³/mol. The molecule has 1 amide bonds. The Morgan fingerprint density at radius 1 is 1.03 bits per heavy atom. The van der Waals surface area contributed by atoms with Gasteiger partial charge in [0.05, 0.1) is 0 Å². The van der Waals surface area contributed by atoms with Gasteiger partial charge >= 0.3 is 0 Å². The summed E-state index contributed by atoms with van der Waals surface area (Å²) in [5.74, 6) is 0.895. The van der Waals surface area contributed by atoms with Gasteiger partial charge in [0.25, 0.3) is 11.8 Å². The molecule has 0 unspecified atom stereocenters. The standard InChI is InChI=1S/C23H26FN5O2/c1-2-17-3-5-18(6-4-17)23-26-22(31-27-23)16-29-13-11-28(12-14-29)15-21(30)25-20-9-7-19(24)8-10-20/h3-10H,2,11-16H2,1H3,(H,25,30)/p+2. The fourth-order valence-corrected chi connectivity index (χ4v) is 3.82. The van der Waals surface area contributed by atoms with Gasteiger partial charge in [0.1, 0.15) is 32.0 Å². The van der Waals surface area contributed by atoms with Crippen molar-refractivity contribution in [3.05, 3.63) is 65.8 Å². The number of carbonyl (C=O) groups is 1. The van der Waals surface area contributed by atoms with Crippen LogP contribution < -0.4 is 15.1 Å². The number of benzene rings is 2. The summed E-state index contributed by atoms with van der Waals surface area (Å²) in [5, 5.41) is 6.95. The van der Waals surface area contributed by atoms with Gasteiger partial charge in [-0.1, -0.05) is 36.3 Å². The van der Waals surface area contributed by atoms with E-state index in [-0.39, 0.29) is 11.7 Å². The van der Waals surface area contributed by atoms with Crippen LogP contribution in [0.1, 0.15) is 18.4 Å². The summed E-state index contributed by atoms with van der Waals surface area (Å²) in [6, 6.07) is 14.1. The van der Waals surface area contributed by atoms with Gasteiger partial charge < -0.3 is 19.6 Å². The number of quaternary nitrogens is 2. The Morgan fingerprint density at radius 2 is 1.71 bits per heavy atom. The number of nitrogens with one attached hydrogen (secondary N) is 3.